The smallest absolute Gasteiger partial charge is 1.00 e. The van der Waals surface area contributed by atoms with Crippen LogP contribution in [0.3, 0.4) is 0 Å². The van der Waals surface area contributed by atoms with Crippen molar-refractivity contribution in [2.45, 2.75) is 5.92 Å². The zero-order chi connectivity index (χ0) is 16.2. The normalized spacial score (nSPS) is 10.3. The fraction of sp³-hybridized carbons (Fsp3) is 0.0500. The maximum atomic E-state index is 13.0. The van der Waals surface area contributed by atoms with Crippen LogP contribution >= 0.6 is 23.2 Å². The van der Waals surface area contributed by atoms with Crippen LogP contribution in [0, 0.1) is 0 Å². The van der Waals surface area contributed by atoms with E-state index in [1.807, 2.05) is 54.6 Å². The predicted molar refractivity (Wildman–Crippen MR) is 103 cm³/mol. The standard InChI is InChI=1S/C20H14Cl2O.Mg.2H/c21-17-10-6-14(7-11-17)19(15-8-12-18(22)13-9-15)20(23)16-4-2-1-3-5-16;;;/h1-13,19H;;;/q;+2;2*-1. The number of halogens is 2. The van der Waals surface area contributed by atoms with E-state index in [2.05, 4.69) is 0 Å². The van der Waals surface area contributed by atoms with Gasteiger partial charge >= 0.3 is 23.1 Å². The van der Waals surface area contributed by atoms with Crippen molar-refractivity contribution in [3.63, 3.8) is 0 Å². The summed E-state index contributed by atoms with van der Waals surface area (Å²) in [6, 6.07) is 24.1. The summed E-state index contributed by atoms with van der Waals surface area (Å²) >= 11 is 12.0. The van der Waals surface area contributed by atoms with Gasteiger partial charge in [-0.25, -0.2) is 0 Å². The van der Waals surface area contributed by atoms with Gasteiger partial charge in [0.25, 0.3) is 0 Å². The summed E-state index contributed by atoms with van der Waals surface area (Å²) < 4.78 is 0. The van der Waals surface area contributed by atoms with Gasteiger partial charge in [0.15, 0.2) is 5.78 Å². The summed E-state index contributed by atoms with van der Waals surface area (Å²) in [6.45, 7) is 0. The van der Waals surface area contributed by atoms with E-state index in [9.17, 15) is 4.79 Å². The molecule has 3 aromatic carbocycles. The summed E-state index contributed by atoms with van der Waals surface area (Å²) in [6.07, 6.45) is 0. The van der Waals surface area contributed by atoms with Crippen molar-refractivity contribution < 1.29 is 7.65 Å². The first-order valence-corrected chi connectivity index (χ1v) is 8.01. The summed E-state index contributed by atoms with van der Waals surface area (Å²) in [5.74, 6) is -0.331. The zero-order valence-corrected chi connectivity index (χ0v) is 15.9. The Morgan fingerprint density at radius 2 is 1.12 bits per heavy atom. The molecule has 0 bridgehead atoms. The Bertz CT molecular complexity index is 764. The molecule has 0 unspecified atom stereocenters. The minimum atomic E-state index is -0.382. The number of hydrogen-bond acceptors (Lipinski definition) is 1. The van der Waals surface area contributed by atoms with Gasteiger partial charge in [-0.15, -0.1) is 0 Å². The van der Waals surface area contributed by atoms with Crippen molar-refractivity contribution in [1.29, 1.82) is 0 Å². The number of carbonyl (C=O) groups is 1. The van der Waals surface area contributed by atoms with Crippen LogP contribution in [0.5, 0.6) is 0 Å². The van der Waals surface area contributed by atoms with Gasteiger partial charge in [0.1, 0.15) is 0 Å². The third-order valence-electron chi connectivity index (χ3n) is 3.73. The summed E-state index contributed by atoms with van der Waals surface area (Å²) in [5, 5.41) is 1.30. The minimum absolute atomic E-state index is 0. The topological polar surface area (TPSA) is 17.1 Å². The maximum Gasteiger partial charge on any atom is 2.00 e. The van der Waals surface area contributed by atoms with Crippen LogP contribution < -0.4 is 0 Å². The van der Waals surface area contributed by atoms with E-state index in [0.29, 0.717) is 15.6 Å². The average molecular weight is 368 g/mol. The van der Waals surface area contributed by atoms with Crippen LogP contribution in [0.25, 0.3) is 0 Å². The maximum absolute atomic E-state index is 13.0. The molecule has 0 saturated heterocycles. The van der Waals surface area contributed by atoms with Crippen LogP contribution in [-0.2, 0) is 0 Å². The van der Waals surface area contributed by atoms with Crippen molar-refractivity contribution in [3.8, 4) is 0 Å². The number of carbonyl (C=O) groups excluding carboxylic acids is 1. The largest absolute Gasteiger partial charge is 2.00 e. The molecule has 3 aromatic rings. The first kappa shape index (κ1) is 19.0. The van der Waals surface area contributed by atoms with Gasteiger partial charge in [-0.3, -0.25) is 4.79 Å². The molecule has 24 heavy (non-hydrogen) atoms. The monoisotopic (exact) mass is 366 g/mol. The Morgan fingerprint density at radius 1 is 0.708 bits per heavy atom. The minimum Gasteiger partial charge on any atom is -1.00 e. The number of Topliss-reactive ketones (excluding diaryl/α,β-unsaturated/α-hetero) is 1. The van der Waals surface area contributed by atoms with Gasteiger partial charge in [-0.1, -0.05) is 77.8 Å². The van der Waals surface area contributed by atoms with Crippen molar-refractivity contribution in [2.75, 3.05) is 0 Å². The van der Waals surface area contributed by atoms with E-state index in [4.69, 9.17) is 23.2 Å². The first-order valence-electron chi connectivity index (χ1n) is 7.25. The molecular weight excluding hydrogens is 351 g/mol. The predicted octanol–water partition coefficient (Wildman–Crippen LogP) is 5.85. The van der Waals surface area contributed by atoms with Gasteiger partial charge < -0.3 is 2.85 Å². The molecular formula is C20H16Cl2MgO. The Kier molecular flexibility index (Phi) is 6.87. The molecule has 0 heterocycles. The molecule has 0 spiro atoms. The number of benzene rings is 3. The zero-order valence-electron chi connectivity index (χ0n) is 15.0. The van der Waals surface area contributed by atoms with Gasteiger partial charge in [0.2, 0.25) is 0 Å². The van der Waals surface area contributed by atoms with E-state index in [0.717, 1.165) is 11.1 Å². The molecule has 118 valence electrons. The summed E-state index contributed by atoms with van der Waals surface area (Å²) in [5.41, 5.74) is 2.50. The fourth-order valence-corrected chi connectivity index (χ4v) is 2.83. The van der Waals surface area contributed by atoms with Crippen molar-refractivity contribution in [1.82, 2.24) is 0 Å². The fourth-order valence-electron chi connectivity index (χ4n) is 2.57. The van der Waals surface area contributed by atoms with Crippen molar-refractivity contribution >= 4 is 52.0 Å². The second-order valence-corrected chi connectivity index (χ2v) is 6.14. The molecule has 0 N–H and O–H groups in total. The SMILES string of the molecule is O=C(c1ccccc1)C(c1ccc(Cl)cc1)c1ccc(Cl)cc1.[H-].[H-].[Mg+2]. The second kappa shape index (κ2) is 8.68. The Balaban J connectivity index is 0.00000208. The second-order valence-electron chi connectivity index (χ2n) is 5.27. The van der Waals surface area contributed by atoms with Gasteiger partial charge in [-0.05, 0) is 35.4 Å². The van der Waals surface area contributed by atoms with E-state index >= 15 is 0 Å². The number of hydrogen-bond donors (Lipinski definition) is 0. The number of ketones is 1. The molecule has 0 amide bonds. The molecule has 0 saturated carbocycles. The van der Waals surface area contributed by atoms with Crippen molar-refractivity contribution in [3.05, 3.63) is 106 Å². The molecule has 0 aliphatic rings. The van der Waals surface area contributed by atoms with Crippen LogP contribution in [0.1, 0.15) is 30.3 Å². The molecule has 3 rings (SSSR count). The quantitative estimate of drug-likeness (QED) is 0.417. The van der Waals surface area contributed by atoms with Gasteiger partial charge in [0.05, 0.1) is 5.92 Å². The summed E-state index contributed by atoms with van der Waals surface area (Å²) in [4.78, 5) is 13.0. The van der Waals surface area contributed by atoms with E-state index < -0.39 is 0 Å². The molecule has 0 aromatic heterocycles. The molecule has 0 atom stereocenters. The van der Waals surface area contributed by atoms with Crippen LogP contribution in [0.2, 0.25) is 10.0 Å². The molecule has 0 aliphatic carbocycles. The molecule has 1 nitrogen and oxygen atoms in total. The van der Waals surface area contributed by atoms with Gasteiger partial charge in [-0.2, -0.15) is 0 Å². The van der Waals surface area contributed by atoms with E-state index in [-0.39, 0.29) is 37.6 Å². The van der Waals surface area contributed by atoms with Gasteiger partial charge in [0, 0.05) is 15.6 Å². The average Bonchev–Trinajstić information content (AvgIpc) is 2.59. The Labute approximate surface area is 170 Å². The third-order valence-corrected chi connectivity index (χ3v) is 4.23. The van der Waals surface area contributed by atoms with Crippen LogP contribution in [0.15, 0.2) is 78.9 Å². The molecule has 0 aliphatic heterocycles. The number of rotatable bonds is 4. The summed E-state index contributed by atoms with van der Waals surface area (Å²) in [7, 11) is 0. The molecule has 0 radical (unpaired) electrons. The van der Waals surface area contributed by atoms with E-state index in [1.165, 1.54) is 0 Å². The Hall–Kier alpha value is -1.32. The van der Waals surface area contributed by atoms with E-state index in [1.54, 1.807) is 24.3 Å². The van der Waals surface area contributed by atoms with Crippen LogP contribution in [-0.4, -0.2) is 28.8 Å². The Morgan fingerprint density at radius 3 is 1.54 bits per heavy atom. The van der Waals surface area contributed by atoms with Crippen molar-refractivity contribution in [2.24, 2.45) is 0 Å². The molecule has 0 fully saturated rings. The van der Waals surface area contributed by atoms with Crippen LogP contribution in [0.4, 0.5) is 0 Å². The molecule has 4 heteroatoms. The third kappa shape index (κ3) is 4.40. The first-order chi connectivity index (χ1) is 11.1.